The van der Waals surface area contributed by atoms with Gasteiger partial charge < -0.3 is 5.73 Å². The number of aromatic nitrogens is 1. The summed E-state index contributed by atoms with van der Waals surface area (Å²) < 4.78 is 52.4. The quantitative estimate of drug-likeness (QED) is 0.779. The van der Waals surface area contributed by atoms with Gasteiger partial charge in [0.05, 0.1) is 11.3 Å². The van der Waals surface area contributed by atoms with Crippen molar-refractivity contribution in [3.8, 4) is 11.3 Å². The maximum atomic E-state index is 13.7. The Morgan fingerprint density at radius 2 is 1.92 bits per heavy atom. The summed E-state index contributed by atoms with van der Waals surface area (Å²) in [5.74, 6) is -0.950. The largest absolute Gasteiger partial charge is 0.416 e. The van der Waals surface area contributed by atoms with E-state index in [1.165, 1.54) is 11.3 Å². The van der Waals surface area contributed by atoms with Gasteiger partial charge in [-0.15, -0.1) is 11.3 Å². The fourth-order valence-electron chi connectivity index (χ4n) is 2.44. The number of hydrogen-bond acceptors (Lipinski definition) is 4. The first-order valence-corrected chi connectivity index (χ1v) is 8.30. The van der Waals surface area contributed by atoms with E-state index in [0.29, 0.717) is 18.3 Å². The van der Waals surface area contributed by atoms with Crippen molar-refractivity contribution >= 4 is 16.5 Å². The molecule has 2 rings (SSSR count). The summed E-state index contributed by atoms with van der Waals surface area (Å²) in [6.45, 7) is 7.31. The summed E-state index contributed by atoms with van der Waals surface area (Å²) in [5.41, 5.74) is 5.10. The SMILES string of the molecule is CCN(Cc1sc(N)nc1-c1cc(F)cc(C(F)(F)F)c1)C(C)C. The molecule has 3 nitrogen and oxygen atoms in total. The third-order valence-electron chi connectivity index (χ3n) is 3.70. The van der Waals surface area contributed by atoms with Crippen LogP contribution in [-0.4, -0.2) is 22.5 Å². The number of rotatable bonds is 5. The topological polar surface area (TPSA) is 42.1 Å². The number of nitrogens with two attached hydrogens (primary N) is 1. The van der Waals surface area contributed by atoms with Gasteiger partial charge in [0.25, 0.3) is 0 Å². The minimum absolute atomic E-state index is 0.0880. The van der Waals surface area contributed by atoms with Gasteiger partial charge in [-0.2, -0.15) is 13.2 Å². The molecule has 8 heteroatoms. The third-order valence-corrected chi connectivity index (χ3v) is 4.56. The zero-order valence-corrected chi connectivity index (χ0v) is 14.4. The Kier molecular flexibility index (Phi) is 5.49. The molecule has 0 aliphatic rings. The van der Waals surface area contributed by atoms with E-state index in [1.807, 2.05) is 20.8 Å². The molecule has 0 aliphatic carbocycles. The van der Waals surface area contributed by atoms with Crippen LogP contribution in [0.5, 0.6) is 0 Å². The van der Waals surface area contributed by atoms with Crippen LogP contribution in [0.3, 0.4) is 0 Å². The van der Waals surface area contributed by atoms with Gasteiger partial charge in [0, 0.05) is 23.0 Å². The number of anilines is 1. The van der Waals surface area contributed by atoms with Crippen molar-refractivity contribution in [3.63, 3.8) is 0 Å². The van der Waals surface area contributed by atoms with Crippen LogP contribution < -0.4 is 5.73 Å². The molecule has 0 spiro atoms. The van der Waals surface area contributed by atoms with Crippen molar-refractivity contribution in [3.05, 3.63) is 34.5 Å². The van der Waals surface area contributed by atoms with E-state index >= 15 is 0 Å². The molecule has 0 atom stereocenters. The van der Waals surface area contributed by atoms with Gasteiger partial charge in [-0.05, 0) is 38.6 Å². The van der Waals surface area contributed by atoms with Crippen molar-refractivity contribution in [2.24, 2.45) is 0 Å². The van der Waals surface area contributed by atoms with Crippen LogP contribution in [0.1, 0.15) is 31.2 Å². The Morgan fingerprint density at radius 1 is 1.25 bits per heavy atom. The number of halogens is 4. The zero-order valence-electron chi connectivity index (χ0n) is 13.6. The lowest BCUT2D eigenvalue weighted by molar-refractivity contribution is -0.137. The molecule has 2 aromatic rings. The fourth-order valence-corrected chi connectivity index (χ4v) is 3.32. The van der Waals surface area contributed by atoms with Crippen molar-refractivity contribution in [1.82, 2.24) is 9.88 Å². The van der Waals surface area contributed by atoms with E-state index in [9.17, 15) is 17.6 Å². The average molecular weight is 361 g/mol. The molecule has 0 saturated carbocycles. The molecular formula is C16H19F4N3S. The zero-order chi connectivity index (χ0) is 18.1. The second-order valence-electron chi connectivity index (χ2n) is 5.71. The number of hydrogen-bond donors (Lipinski definition) is 1. The lowest BCUT2D eigenvalue weighted by atomic mass is 10.1. The monoisotopic (exact) mass is 361 g/mol. The highest BCUT2D eigenvalue weighted by atomic mass is 32.1. The number of thiazole rings is 1. The summed E-state index contributed by atoms with van der Waals surface area (Å²) in [6.07, 6.45) is -4.62. The van der Waals surface area contributed by atoms with E-state index in [0.717, 1.165) is 23.6 Å². The predicted octanol–water partition coefficient (Wildman–Crippen LogP) is 4.78. The Labute approximate surface area is 142 Å². The highest BCUT2D eigenvalue weighted by Gasteiger charge is 2.32. The van der Waals surface area contributed by atoms with Crippen molar-refractivity contribution < 1.29 is 17.6 Å². The van der Waals surface area contributed by atoms with Crippen molar-refractivity contribution in [2.45, 2.75) is 39.5 Å². The minimum atomic E-state index is -4.62. The maximum Gasteiger partial charge on any atom is 0.416 e. The Morgan fingerprint density at radius 3 is 2.46 bits per heavy atom. The van der Waals surface area contributed by atoms with Gasteiger partial charge in [-0.1, -0.05) is 6.92 Å². The van der Waals surface area contributed by atoms with Crippen LogP contribution in [0.15, 0.2) is 18.2 Å². The Hall–Kier alpha value is -1.67. The van der Waals surface area contributed by atoms with Gasteiger partial charge in [-0.25, -0.2) is 9.37 Å². The summed E-state index contributed by atoms with van der Waals surface area (Å²) in [6, 6.07) is 2.70. The highest BCUT2D eigenvalue weighted by molar-refractivity contribution is 7.15. The molecule has 0 aliphatic heterocycles. The normalized spacial score (nSPS) is 12.4. The number of nitrogen functional groups attached to an aromatic ring is 1. The summed E-state index contributed by atoms with van der Waals surface area (Å²) in [5, 5.41) is 0.248. The van der Waals surface area contributed by atoms with Crippen molar-refractivity contribution in [1.29, 1.82) is 0 Å². The molecule has 0 amide bonds. The predicted molar refractivity (Wildman–Crippen MR) is 88.1 cm³/mol. The molecule has 1 heterocycles. The molecule has 0 bridgehead atoms. The molecular weight excluding hydrogens is 342 g/mol. The van der Waals surface area contributed by atoms with E-state index < -0.39 is 17.6 Å². The second kappa shape index (κ2) is 7.06. The fraction of sp³-hybridized carbons (Fsp3) is 0.438. The van der Waals surface area contributed by atoms with Crippen molar-refractivity contribution in [2.75, 3.05) is 12.3 Å². The molecule has 0 radical (unpaired) electrons. The van der Waals surface area contributed by atoms with Gasteiger partial charge in [-0.3, -0.25) is 4.90 Å². The van der Waals surface area contributed by atoms with Crippen LogP contribution in [0.2, 0.25) is 0 Å². The maximum absolute atomic E-state index is 13.7. The summed E-state index contributed by atoms with van der Waals surface area (Å²) in [7, 11) is 0. The summed E-state index contributed by atoms with van der Waals surface area (Å²) in [4.78, 5) is 6.98. The van der Waals surface area contributed by atoms with Crippen LogP contribution in [0.4, 0.5) is 22.7 Å². The first-order chi connectivity index (χ1) is 11.1. The van der Waals surface area contributed by atoms with Crippen LogP contribution >= 0.6 is 11.3 Å². The van der Waals surface area contributed by atoms with Gasteiger partial charge >= 0.3 is 6.18 Å². The number of alkyl halides is 3. The van der Waals surface area contributed by atoms with Crippen LogP contribution in [-0.2, 0) is 12.7 Å². The molecule has 132 valence electrons. The first kappa shape index (κ1) is 18.7. The Bertz CT molecular complexity index is 710. The van der Waals surface area contributed by atoms with Crippen LogP contribution in [0.25, 0.3) is 11.3 Å². The highest BCUT2D eigenvalue weighted by Crippen LogP contribution is 2.36. The van der Waals surface area contributed by atoms with E-state index in [4.69, 9.17) is 5.73 Å². The third kappa shape index (κ3) is 4.24. The minimum Gasteiger partial charge on any atom is -0.375 e. The lowest BCUT2D eigenvalue weighted by Crippen LogP contribution is -2.29. The molecule has 24 heavy (non-hydrogen) atoms. The molecule has 1 aromatic carbocycles. The molecule has 2 N–H and O–H groups in total. The van der Waals surface area contributed by atoms with E-state index in [-0.39, 0.29) is 16.7 Å². The standard InChI is InChI=1S/C16H19F4N3S/c1-4-23(9(2)3)8-13-14(22-15(21)24-13)10-5-11(16(18,19)20)7-12(17)6-10/h5-7,9H,4,8H2,1-3H3,(H2,21,22). The number of benzene rings is 1. The smallest absolute Gasteiger partial charge is 0.375 e. The van der Waals surface area contributed by atoms with Gasteiger partial charge in [0.2, 0.25) is 0 Å². The molecule has 0 unspecified atom stereocenters. The second-order valence-corrected chi connectivity index (χ2v) is 6.82. The van der Waals surface area contributed by atoms with Crippen LogP contribution in [0, 0.1) is 5.82 Å². The Balaban J connectivity index is 2.48. The van der Waals surface area contributed by atoms with Gasteiger partial charge in [0.15, 0.2) is 5.13 Å². The molecule has 1 aromatic heterocycles. The van der Waals surface area contributed by atoms with E-state index in [1.54, 1.807) is 0 Å². The summed E-state index contributed by atoms with van der Waals surface area (Å²) >= 11 is 1.21. The average Bonchev–Trinajstić information content (AvgIpc) is 2.83. The van der Waals surface area contributed by atoms with E-state index in [2.05, 4.69) is 9.88 Å². The molecule has 0 fully saturated rings. The molecule has 0 saturated heterocycles. The number of nitrogens with zero attached hydrogens (tertiary/aromatic N) is 2. The first-order valence-electron chi connectivity index (χ1n) is 7.49. The van der Waals surface area contributed by atoms with Gasteiger partial charge in [0.1, 0.15) is 5.82 Å². The lowest BCUT2D eigenvalue weighted by Gasteiger charge is -2.24.